The number of ketones is 2. The van der Waals surface area contributed by atoms with Gasteiger partial charge in [0.25, 0.3) is 17.6 Å². The summed E-state index contributed by atoms with van der Waals surface area (Å²) in [6, 6.07) is 18.5. The molecule has 0 bridgehead atoms. The topological polar surface area (TPSA) is 357 Å². The van der Waals surface area contributed by atoms with E-state index in [1.165, 1.54) is 89.8 Å². The van der Waals surface area contributed by atoms with Gasteiger partial charge < -0.3 is 74.8 Å². The minimum Gasteiger partial charge on any atom is -0.491 e. The van der Waals surface area contributed by atoms with Gasteiger partial charge in [-0.3, -0.25) is 9.59 Å². The fourth-order valence-corrected chi connectivity index (χ4v) is 9.00. The molecular formula is C68H78ClF8N7O17. The number of amides is 1. The largest absolute Gasteiger partial charge is 0.491 e. The van der Waals surface area contributed by atoms with Crippen molar-refractivity contribution in [3.8, 4) is 57.4 Å². The number of aromatic carboxylic acids is 1. The molecule has 0 saturated carbocycles. The number of rotatable bonds is 28. The highest BCUT2D eigenvalue weighted by Crippen LogP contribution is 2.46. The number of ether oxygens (including phenoxy) is 7. The Morgan fingerprint density at radius 2 is 0.851 bits per heavy atom. The zero-order valence-electron chi connectivity index (χ0n) is 56.4. The van der Waals surface area contributed by atoms with Crippen molar-refractivity contribution in [1.82, 2.24) is 30.2 Å². The first-order valence-electron chi connectivity index (χ1n) is 30.3. The van der Waals surface area contributed by atoms with Crippen molar-refractivity contribution >= 4 is 36.0 Å². The Morgan fingerprint density at radius 3 is 1.17 bits per heavy atom. The molecule has 0 aliphatic heterocycles. The summed E-state index contributed by atoms with van der Waals surface area (Å²) in [5.41, 5.74) is -5.14. The highest BCUT2D eigenvalue weighted by Gasteiger charge is 2.57. The van der Waals surface area contributed by atoms with E-state index in [2.05, 4.69) is 30.2 Å². The van der Waals surface area contributed by atoms with E-state index in [-0.39, 0.29) is 132 Å². The number of halogens is 9. The molecule has 7 aromatic rings. The lowest BCUT2D eigenvalue weighted by molar-refractivity contribution is -0.270. The maximum atomic E-state index is 14.7. The number of alkyl carbamates (subject to hydrolysis) is 1. The molecule has 7 rings (SSSR count). The summed E-state index contributed by atoms with van der Waals surface area (Å²) < 4.78 is 150. The lowest BCUT2D eigenvalue weighted by atomic mass is 9.86. The molecule has 2 aromatic carbocycles. The lowest BCUT2D eigenvalue weighted by Crippen LogP contribution is -2.45. The summed E-state index contributed by atoms with van der Waals surface area (Å²) in [6.45, 7) is 10.3. The molecule has 33 heteroatoms. The number of carboxylic acids is 1. The van der Waals surface area contributed by atoms with Crippen LogP contribution in [0.4, 0.5) is 39.9 Å². The molecular weight excluding hydrogens is 1370 g/mol. The van der Waals surface area contributed by atoms with E-state index < -0.39 is 113 Å². The summed E-state index contributed by atoms with van der Waals surface area (Å²) in [6.07, 6.45) is -11.7. The number of carbonyl (C=O) groups excluding carboxylic acids is 3. The van der Waals surface area contributed by atoms with Gasteiger partial charge in [0.2, 0.25) is 11.2 Å². The molecule has 2 unspecified atom stereocenters. The number of Topliss-reactive ketones (excluding diaryl/α,β-unsaturated/α-hetero) is 2. The maximum Gasteiger partial charge on any atom is 0.422 e. The molecule has 0 aliphatic carbocycles. The summed E-state index contributed by atoms with van der Waals surface area (Å²) in [4.78, 5) is 69.0. The van der Waals surface area contributed by atoms with E-state index in [9.17, 15) is 64.5 Å². The molecule has 0 saturated heterocycles. The van der Waals surface area contributed by atoms with Gasteiger partial charge in [-0.1, -0.05) is 0 Å². The highest BCUT2D eigenvalue weighted by molar-refractivity contribution is 5.97. The van der Waals surface area contributed by atoms with Gasteiger partial charge in [-0.05, 0) is 157 Å². The number of carboxylic acid groups (broad SMARTS) is 1. The minimum atomic E-state index is -5.31. The third-order valence-corrected chi connectivity index (χ3v) is 14.4. The van der Waals surface area contributed by atoms with Gasteiger partial charge in [0.05, 0.1) is 75.0 Å². The Balaban J connectivity index is 0.000000355. The number of methoxy groups -OCH3 is 3. The van der Waals surface area contributed by atoms with Crippen LogP contribution < -0.4 is 39.5 Å². The van der Waals surface area contributed by atoms with E-state index in [0.29, 0.717) is 5.56 Å². The summed E-state index contributed by atoms with van der Waals surface area (Å²) in [5.74, 6) is -3.34. The smallest absolute Gasteiger partial charge is 0.422 e. The van der Waals surface area contributed by atoms with Crippen LogP contribution in [0.5, 0.6) is 34.9 Å². The zero-order chi connectivity index (χ0) is 74.8. The van der Waals surface area contributed by atoms with Gasteiger partial charge in [0.15, 0.2) is 28.8 Å². The Morgan fingerprint density at radius 1 is 0.515 bits per heavy atom. The number of hydrogen-bond donors (Lipinski definition) is 8. The van der Waals surface area contributed by atoms with Gasteiger partial charge in [-0.25, -0.2) is 43.3 Å². The molecule has 5 heterocycles. The van der Waals surface area contributed by atoms with Gasteiger partial charge in [-0.2, -0.15) is 26.3 Å². The minimum absolute atomic E-state index is 0. The van der Waals surface area contributed by atoms with Crippen LogP contribution in [0.15, 0.2) is 110 Å². The summed E-state index contributed by atoms with van der Waals surface area (Å²) >= 11 is 0. The first kappa shape index (κ1) is 84.0. The molecule has 2 atom stereocenters. The number of benzene rings is 2. The number of nitrogens with two attached hydrogens (primary N) is 1. The second kappa shape index (κ2) is 35.7. The Kier molecular flexibility index (Phi) is 29.7. The molecule has 9 N–H and O–H groups in total. The molecule has 0 radical (unpaired) electrons. The van der Waals surface area contributed by atoms with Gasteiger partial charge >= 0.3 is 24.4 Å². The van der Waals surface area contributed by atoms with Gasteiger partial charge in [0, 0.05) is 65.3 Å². The number of alkyl halides is 6. The average Bonchev–Trinajstić information content (AvgIpc) is 0.767. The van der Waals surface area contributed by atoms with E-state index in [4.69, 9.17) is 59.3 Å². The fraction of sp³-hybridized carbons (Fsp3) is 0.397. The third-order valence-electron chi connectivity index (χ3n) is 14.4. The van der Waals surface area contributed by atoms with Crippen molar-refractivity contribution < 1.29 is 118 Å². The Bertz CT molecular complexity index is 3940. The SMILES string of the molecule is COc1cc(C(=O)CCC(O)(c2cc(C(C)(C)N)cc(-c3ccc(F)cc3)n2)C(F)(F)F)cnc1OCCO.COc1cc(C(=O)CCC(O)(c2cc(C(C)(C)NC(=O)OC(C)(C)C)cc(-c3ccc(F)cc3)n2)C(F)(F)F)cnc1OCCO.COc1cc(C(=O)O)cnc1OCCO.Cl. The van der Waals surface area contributed by atoms with E-state index in [1.807, 2.05) is 0 Å². The van der Waals surface area contributed by atoms with Crippen LogP contribution in [0.25, 0.3) is 22.5 Å². The first-order chi connectivity index (χ1) is 46.7. The van der Waals surface area contributed by atoms with Crippen LogP contribution in [0, 0.1) is 11.6 Å². The van der Waals surface area contributed by atoms with Gasteiger partial charge in [0.1, 0.15) is 37.1 Å². The molecule has 1 amide bonds. The molecule has 5 aromatic heterocycles. The summed E-state index contributed by atoms with van der Waals surface area (Å²) in [7, 11) is 3.94. The second-order valence-electron chi connectivity index (χ2n) is 24.0. The summed E-state index contributed by atoms with van der Waals surface area (Å²) in [5, 5.41) is 60.1. The predicted molar refractivity (Wildman–Crippen MR) is 350 cm³/mol. The normalized spacial score (nSPS) is 12.8. The fourth-order valence-electron chi connectivity index (χ4n) is 9.00. The van der Waals surface area contributed by atoms with Crippen molar-refractivity contribution in [2.24, 2.45) is 5.73 Å². The van der Waals surface area contributed by atoms with Crippen molar-refractivity contribution in [2.75, 3.05) is 61.0 Å². The van der Waals surface area contributed by atoms with Crippen molar-refractivity contribution in [1.29, 1.82) is 0 Å². The number of aliphatic hydroxyl groups is 5. The number of nitrogens with one attached hydrogen (secondary N) is 1. The van der Waals surface area contributed by atoms with Crippen molar-refractivity contribution in [3.05, 3.63) is 160 Å². The van der Waals surface area contributed by atoms with Crippen molar-refractivity contribution in [2.45, 2.75) is 114 Å². The molecule has 0 spiro atoms. The zero-order valence-corrected chi connectivity index (χ0v) is 57.2. The monoisotopic (exact) mass is 1450 g/mol. The lowest BCUT2D eigenvalue weighted by Gasteiger charge is -2.33. The first-order valence-corrected chi connectivity index (χ1v) is 30.3. The van der Waals surface area contributed by atoms with E-state index in [1.54, 1.807) is 34.6 Å². The number of nitrogens with zero attached hydrogens (tertiary/aromatic N) is 5. The molecule has 0 fully saturated rings. The number of aliphatic hydroxyl groups excluding tert-OH is 3. The van der Waals surface area contributed by atoms with E-state index >= 15 is 0 Å². The quantitative estimate of drug-likeness (QED) is 0.0167. The molecule has 0 aliphatic rings. The Hall–Kier alpha value is -9.44. The van der Waals surface area contributed by atoms with Crippen LogP contribution >= 0.6 is 12.4 Å². The van der Waals surface area contributed by atoms with E-state index in [0.717, 1.165) is 55.0 Å². The van der Waals surface area contributed by atoms with Crippen LogP contribution in [0.3, 0.4) is 0 Å². The van der Waals surface area contributed by atoms with Crippen LogP contribution in [-0.4, -0.2) is 158 Å². The standard InChI is InChI=1S/C32H37F4N3O7.C27H29F4N3O5.C9H11NO5.ClH/c1-29(2,3)46-28(42)39-30(4,5)21-16-23(19-7-9-22(33)10-8-19)38-26(17-21)31(43,32(34,35)36)12-11-24(41)20-15-25(44-6)27(37-18-20)45-14-13-40;1-25(2,32)18-13-20(16-4-6-19(28)7-5-16)34-23(14-18)26(37,27(29,30)31)9-8-21(36)17-12-22(38-3)24(33-15-17)39-11-10-35;1-14-7-4-6(9(12)13)5-10-8(7)15-3-2-11;/h7-10,15-18,40,43H,11-14H2,1-6H3,(H,39,42);4-7,12-15,35,37H,8-11,32H2,1-3H3;4-5,11H,2-3H2,1H3,(H,12,13);1H. The Labute approximate surface area is 581 Å². The number of aromatic nitrogens is 5. The predicted octanol–water partition coefficient (Wildman–Crippen LogP) is 10.7. The highest BCUT2D eigenvalue weighted by atomic mass is 35.5. The second-order valence-corrected chi connectivity index (χ2v) is 24.0. The van der Waals surface area contributed by atoms with Crippen molar-refractivity contribution in [3.63, 3.8) is 0 Å². The number of hydrogen-bond acceptors (Lipinski definition) is 22. The average molecular weight is 1450 g/mol. The molecule has 24 nitrogen and oxygen atoms in total. The molecule has 550 valence electrons. The van der Waals surface area contributed by atoms with Crippen LogP contribution in [-0.2, 0) is 27.0 Å². The van der Waals surface area contributed by atoms with Crippen LogP contribution in [0.2, 0.25) is 0 Å². The maximum absolute atomic E-state index is 14.7. The molecule has 101 heavy (non-hydrogen) atoms. The van der Waals surface area contributed by atoms with Gasteiger partial charge in [-0.15, -0.1) is 12.4 Å². The number of pyridine rings is 5. The number of carbonyl (C=O) groups is 4. The van der Waals surface area contributed by atoms with Crippen LogP contribution in [0.1, 0.15) is 128 Å². The third kappa shape index (κ3) is 23.0.